The van der Waals surface area contributed by atoms with Crippen LogP contribution in [0.3, 0.4) is 0 Å². The van der Waals surface area contributed by atoms with E-state index in [2.05, 4.69) is 0 Å². The molecule has 1 aromatic rings. The summed E-state index contributed by atoms with van der Waals surface area (Å²) in [6.07, 6.45) is 2.38. The average Bonchev–Trinajstić information content (AvgIpc) is 2.44. The lowest BCUT2D eigenvalue weighted by molar-refractivity contribution is -0.144. The fraction of sp³-hybridized carbons (Fsp3) is 0.467. The number of benzene rings is 1. The molecule has 0 N–H and O–H groups in total. The third kappa shape index (κ3) is 6.86. The van der Waals surface area contributed by atoms with E-state index < -0.39 is 5.97 Å². The number of hydrogen-bond acceptors (Lipinski definition) is 4. The van der Waals surface area contributed by atoms with Crippen LogP contribution in [0, 0.1) is 0 Å². The Labute approximate surface area is 144 Å². The lowest BCUT2D eigenvalue weighted by atomic mass is 10.2. The average molecular weight is 368 g/mol. The van der Waals surface area contributed by atoms with Gasteiger partial charge in [0.05, 0.1) is 11.6 Å². The first-order valence-corrected chi connectivity index (χ1v) is 8.08. The van der Waals surface area contributed by atoms with Crippen LogP contribution in [-0.2, 0) is 14.3 Å². The zero-order valence-corrected chi connectivity index (χ0v) is 14.4. The molecular weight excluding hydrogens is 351 g/mol. The van der Waals surface area contributed by atoms with Crippen molar-refractivity contribution in [2.75, 3.05) is 6.61 Å². The Kier molecular flexibility index (Phi) is 8.61. The molecule has 0 saturated carbocycles. The predicted octanol–water partition coefficient (Wildman–Crippen LogP) is 5.07. The number of esters is 2. The van der Waals surface area contributed by atoms with Gasteiger partial charge in [-0.25, -0.2) is 0 Å². The Morgan fingerprint density at radius 1 is 1.05 bits per heavy atom. The van der Waals surface area contributed by atoms with Crippen molar-refractivity contribution >= 4 is 46.7 Å². The van der Waals surface area contributed by atoms with Gasteiger partial charge in [0.25, 0.3) is 0 Å². The molecule has 0 spiro atoms. The molecule has 1 rings (SSSR count). The summed E-state index contributed by atoms with van der Waals surface area (Å²) in [5, 5.41) is 0.645. The molecule has 0 aliphatic carbocycles. The summed E-state index contributed by atoms with van der Waals surface area (Å²) >= 11 is 17.6. The molecule has 0 unspecified atom stereocenters. The van der Waals surface area contributed by atoms with Crippen molar-refractivity contribution in [3.05, 3.63) is 27.2 Å². The van der Waals surface area contributed by atoms with Crippen molar-refractivity contribution in [2.24, 2.45) is 0 Å². The van der Waals surface area contributed by atoms with E-state index in [1.807, 2.05) is 6.92 Å². The highest BCUT2D eigenvalue weighted by Gasteiger charge is 2.13. The third-order valence-electron chi connectivity index (χ3n) is 2.71. The molecule has 0 heterocycles. The predicted molar refractivity (Wildman–Crippen MR) is 86.8 cm³/mol. The van der Waals surface area contributed by atoms with Crippen LogP contribution in [0.2, 0.25) is 15.1 Å². The topological polar surface area (TPSA) is 52.6 Å². The van der Waals surface area contributed by atoms with Crippen molar-refractivity contribution in [2.45, 2.75) is 39.0 Å². The van der Waals surface area contributed by atoms with E-state index in [1.54, 1.807) is 0 Å². The van der Waals surface area contributed by atoms with Crippen molar-refractivity contribution in [1.29, 1.82) is 0 Å². The molecule has 0 aromatic heterocycles. The van der Waals surface area contributed by atoms with Crippen molar-refractivity contribution < 1.29 is 19.1 Å². The summed E-state index contributed by atoms with van der Waals surface area (Å²) in [4.78, 5) is 23.1. The second-order valence-corrected chi connectivity index (χ2v) is 5.82. The summed E-state index contributed by atoms with van der Waals surface area (Å²) in [5.74, 6) is -0.721. The van der Waals surface area contributed by atoms with E-state index in [1.165, 1.54) is 12.1 Å². The van der Waals surface area contributed by atoms with Gasteiger partial charge in [0.15, 0.2) is 5.75 Å². The lowest BCUT2D eigenvalue weighted by Crippen LogP contribution is -2.10. The third-order valence-corrected chi connectivity index (χ3v) is 3.71. The SMILES string of the molecule is CCCCOC(=O)CCCC(=O)Oc1cc(Cl)cc(Cl)c1Cl. The van der Waals surface area contributed by atoms with Crippen LogP contribution in [0.25, 0.3) is 0 Å². The Hall–Kier alpha value is -0.970. The van der Waals surface area contributed by atoms with Gasteiger partial charge in [-0.15, -0.1) is 0 Å². The van der Waals surface area contributed by atoms with Gasteiger partial charge >= 0.3 is 11.9 Å². The molecule has 0 saturated heterocycles. The molecule has 0 bridgehead atoms. The first kappa shape index (κ1) is 19.1. The molecule has 0 fully saturated rings. The number of hydrogen-bond donors (Lipinski definition) is 0. The molecule has 122 valence electrons. The number of carbonyl (C=O) groups excluding carboxylic acids is 2. The normalized spacial score (nSPS) is 10.4. The number of ether oxygens (including phenoxy) is 2. The van der Waals surface area contributed by atoms with E-state index in [4.69, 9.17) is 44.3 Å². The van der Waals surface area contributed by atoms with Gasteiger partial charge in [-0.05, 0) is 18.9 Å². The van der Waals surface area contributed by atoms with E-state index in [0.717, 1.165) is 12.8 Å². The molecule has 0 amide bonds. The summed E-state index contributed by atoms with van der Waals surface area (Å²) in [6.45, 7) is 2.42. The molecule has 1 aromatic carbocycles. The molecule has 7 heteroatoms. The monoisotopic (exact) mass is 366 g/mol. The van der Waals surface area contributed by atoms with Crippen LogP contribution < -0.4 is 4.74 Å². The van der Waals surface area contributed by atoms with Crippen LogP contribution in [0.15, 0.2) is 12.1 Å². The summed E-state index contributed by atoms with van der Waals surface area (Å²) < 4.78 is 10.1. The van der Waals surface area contributed by atoms with Gasteiger partial charge in [-0.1, -0.05) is 48.1 Å². The van der Waals surface area contributed by atoms with Crippen LogP contribution in [0.5, 0.6) is 5.75 Å². The van der Waals surface area contributed by atoms with Crippen molar-refractivity contribution in [3.8, 4) is 5.75 Å². The van der Waals surface area contributed by atoms with Crippen molar-refractivity contribution in [1.82, 2.24) is 0 Å². The maximum Gasteiger partial charge on any atom is 0.311 e. The minimum atomic E-state index is -0.512. The van der Waals surface area contributed by atoms with E-state index >= 15 is 0 Å². The van der Waals surface area contributed by atoms with Gasteiger partial charge in [0.1, 0.15) is 5.02 Å². The Morgan fingerprint density at radius 3 is 2.41 bits per heavy atom. The van der Waals surface area contributed by atoms with Crippen LogP contribution in [-0.4, -0.2) is 18.5 Å². The fourth-order valence-electron chi connectivity index (χ4n) is 1.56. The van der Waals surface area contributed by atoms with Gasteiger partial charge in [-0.2, -0.15) is 0 Å². The molecule has 4 nitrogen and oxygen atoms in total. The van der Waals surface area contributed by atoms with E-state index in [9.17, 15) is 9.59 Å². The zero-order chi connectivity index (χ0) is 16.5. The lowest BCUT2D eigenvalue weighted by Gasteiger charge is -2.08. The summed E-state index contributed by atoms with van der Waals surface area (Å²) in [6, 6.07) is 2.86. The Morgan fingerprint density at radius 2 is 1.73 bits per heavy atom. The molecule has 0 radical (unpaired) electrons. The van der Waals surface area contributed by atoms with E-state index in [-0.39, 0.29) is 34.6 Å². The highest BCUT2D eigenvalue weighted by atomic mass is 35.5. The van der Waals surface area contributed by atoms with Crippen molar-refractivity contribution in [3.63, 3.8) is 0 Å². The second kappa shape index (κ2) is 9.93. The second-order valence-electron chi connectivity index (χ2n) is 4.60. The van der Waals surface area contributed by atoms with Gasteiger partial charge in [0, 0.05) is 23.9 Å². The standard InChI is InChI=1S/C15H17Cl3O4/c1-2-3-7-21-13(19)5-4-6-14(20)22-12-9-10(16)8-11(17)15(12)18/h8-9H,2-7H2,1H3. The quantitative estimate of drug-likeness (QED) is 0.279. The molecule has 0 aliphatic heterocycles. The molecule has 22 heavy (non-hydrogen) atoms. The Bertz CT molecular complexity index is 532. The van der Waals surface area contributed by atoms with Gasteiger partial charge in [-0.3, -0.25) is 9.59 Å². The maximum absolute atomic E-state index is 11.7. The van der Waals surface area contributed by atoms with Gasteiger partial charge in [0.2, 0.25) is 0 Å². The zero-order valence-electron chi connectivity index (χ0n) is 12.2. The van der Waals surface area contributed by atoms with Crippen LogP contribution in [0.4, 0.5) is 0 Å². The molecule has 0 atom stereocenters. The van der Waals surface area contributed by atoms with Gasteiger partial charge < -0.3 is 9.47 Å². The Balaban J connectivity index is 2.37. The highest BCUT2D eigenvalue weighted by Crippen LogP contribution is 2.35. The fourth-order valence-corrected chi connectivity index (χ4v) is 2.18. The first-order valence-electron chi connectivity index (χ1n) is 6.95. The summed E-state index contributed by atoms with van der Waals surface area (Å²) in [7, 11) is 0. The van der Waals surface area contributed by atoms with Crippen LogP contribution >= 0.6 is 34.8 Å². The van der Waals surface area contributed by atoms with E-state index in [0.29, 0.717) is 18.1 Å². The number of unbranched alkanes of at least 4 members (excludes halogenated alkanes) is 1. The maximum atomic E-state index is 11.7. The minimum absolute atomic E-state index is 0.0728. The number of carbonyl (C=O) groups is 2. The number of rotatable bonds is 8. The highest BCUT2D eigenvalue weighted by molar-refractivity contribution is 6.44. The summed E-state index contributed by atoms with van der Waals surface area (Å²) in [5.41, 5.74) is 0. The number of halogens is 3. The van der Waals surface area contributed by atoms with Crippen LogP contribution in [0.1, 0.15) is 39.0 Å². The molecule has 0 aliphatic rings. The smallest absolute Gasteiger partial charge is 0.311 e. The molecular formula is C15H17Cl3O4. The first-order chi connectivity index (χ1) is 10.4. The largest absolute Gasteiger partial charge is 0.466 e. The minimum Gasteiger partial charge on any atom is -0.466 e.